The summed E-state index contributed by atoms with van der Waals surface area (Å²) < 4.78 is 70.0. The summed E-state index contributed by atoms with van der Waals surface area (Å²) in [6.07, 6.45) is 0.618. The molecule has 2 fully saturated rings. The van der Waals surface area contributed by atoms with Crippen molar-refractivity contribution >= 4 is 29.0 Å². The Hall–Kier alpha value is -2.36. The maximum Gasteiger partial charge on any atom is 0.418 e. The van der Waals surface area contributed by atoms with Crippen molar-refractivity contribution in [3.8, 4) is 0 Å². The van der Waals surface area contributed by atoms with Gasteiger partial charge in [-0.3, -0.25) is 0 Å². The van der Waals surface area contributed by atoms with E-state index in [4.69, 9.17) is 0 Å². The highest BCUT2D eigenvalue weighted by Gasteiger charge is 2.45. The van der Waals surface area contributed by atoms with Crippen molar-refractivity contribution in [1.29, 1.82) is 0 Å². The predicted molar refractivity (Wildman–Crippen MR) is 121 cm³/mol. The van der Waals surface area contributed by atoms with Gasteiger partial charge in [-0.25, -0.2) is 18.7 Å². The summed E-state index contributed by atoms with van der Waals surface area (Å²) in [6, 6.07) is 3.48. The second kappa shape index (κ2) is 8.77. The zero-order valence-electron chi connectivity index (χ0n) is 18.3. The lowest BCUT2D eigenvalue weighted by atomic mass is 9.92. The number of anilines is 2. The third-order valence-electron chi connectivity index (χ3n) is 6.16. The quantitative estimate of drug-likeness (QED) is 0.367. The van der Waals surface area contributed by atoms with E-state index in [9.17, 15) is 22.0 Å². The molecule has 1 saturated heterocycles. The zero-order chi connectivity index (χ0) is 24.0. The largest absolute Gasteiger partial charge is 0.418 e. The van der Waals surface area contributed by atoms with E-state index in [2.05, 4.69) is 21.9 Å². The Kier molecular flexibility index (Phi) is 6.32. The van der Waals surface area contributed by atoms with Gasteiger partial charge >= 0.3 is 6.18 Å². The van der Waals surface area contributed by atoms with E-state index < -0.39 is 23.6 Å². The Balaban J connectivity index is 1.80. The summed E-state index contributed by atoms with van der Waals surface area (Å²) in [5.74, 6) is -3.76. The first-order chi connectivity index (χ1) is 15.5. The van der Waals surface area contributed by atoms with Crippen LogP contribution >= 0.6 is 11.8 Å². The Morgan fingerprint density at radius 3 is 2.61 bits per heavy atom. The Labute approximate surface area is 193 Å². The predicted octanol–water partition coefficient (Wildman–Crippen LogP) is 6.66. The number of nitrogens with one attached hydrogen (secondary N) is 1. The number of piperidine rings is 1. The number of hydrogen-bond donors (Lipinski definition) is 1. The minimum absolute atomic E-state index is 0.00162. The molecule has 0 amide bonds. The third-order valence-corrected chi connectivity index (χ3v) is 6.80. The fraction of sp³-hybridized carbons (Fsp3) is 0.478. The van der Waals surface area contributed by atoms with Gasteiger partial charge in [0.2, 0.25) is 0 Å². The number of aromatic nitrogens is 2. The van der Waals surface area contributed by atoms with Gasteiger partial charge in [-0.05, 0) is 42.7 Å². The van der Waals surface area contributed by atoms with Crippen LogP contribution in [0.2, 0.25) is 0 Å². The smallest absolute Gasteiger partial charge is 0.355 e. The molecule has 1 N–H and O–H groups in total. The summed E-state index contributed by atoms with van der Waals surface area (Å²) in [4.78, 5) is 10.0. The van der Waals surface area contributed by atoms with Crippen molar-refractivity contribution in [3.05, 3.63) is 47.8 Å². The van der Waals surface area contributed by atoms with Crippen LogP contribution in [0.15, 0.2) is 36.1 Å². The second-order valence-corrected chi connectivity index (χ2v) is 9.43. The number of thioether (sulfide) groups is 1. The summed E-state index contributed by atoms with van der Waals surface area (Å²) >= 11 is 1.43. The average molecular weight is 485 g/mol. The second-order valence-electron chi connectivity index (χ2n) is 8.60. The highest BCUT2D eigenvalue weighted by Crippen LogP contribution is 2.50. The van der Waals surface area contributed by atoms with E-state index in [0.29, 0.717) is 18.5 Å². The first kappa shape index (κ1) is 23.8. The van der Waals surface area contributed by atoms with Crippen LogP contribution in [0.5, 0.6) is 0 Å². The number of hydrogen-bond acceptors (Lipinski definition) is 5. The molecule has 1 saturated carbocycles. The lowest BCUT2D eigenvalue weighted by Gasteiger charge is -2.38. The molecule has 4 nitrogen and oxygen atoms in total. The first-order valence-corrected chi connectivity index (χ1v) is 11.9. The molecule has 33 heavy (non-hydrogen) atoms. The molecule has 178 valence electrons. The van der Waals surface area contributed by atoms with Crippen molar-refractivity contribution in [2.75, 3.05) is 29.6 Å². The zero-order valence-corrected chi connectivity index (χ0v) is 19.2. The Morgan fingerprint density at radius 1 is 1.27 bits per heavy atom. The van der Waals surface area contributed by atoms with Crippen LogP contribution in [0, 0.1) is 5.92 Å². The topological polar surface area (TPSA) is 41.1 Å². The summed E-state index contributed by atoms with van der Waals surface area (Å²) in [7, 11) is 0. The minimum atomic E-state index is -4.58. The van der Waals surface area contributed by atoms with Crippen LogP contribution in [0.3, 0.4) is 0 Å². The third kappa shape index (κ3) is 4.95. The van der Waals surface area contributed by atoms with Gasteiger partial charge < -0.3 is 10.2 Å². The molecule has 1 aliphatic heterocycles. The molecule has 0 radical (unpaired) electrons. The molecule has 2 aromatic heterocycles. The number of alkyl halides is 5. The van der Waals surface area contributed by atoms with Gasteiger partial charge in [0.15, 0.2) is 0 Å². The van der Waals surface area contributed by atoms with Crippen LogP contribution in [0.25, 0.3) is 5.70 Å². The van der Waals surface area contributed by atoms with E-state index in [0.717, 1.165) is 11.2 Å². The van der Waals surface area contributed by atoms with Crippen molar-refractivity contribution in [2.45, 2.75) is 49.2 Å². The monoisotopic (exact) mass is 484 g/mol. The molecule has 0 bridgehead atoms. The highest BCUT2D eigenvalue weighted by molar-refractivity contribution is 7.98. The molecule has 0 aromatic carbocycles. The van der Waals surface area contributed by atoms with Gasteiger partial charge in [-0.1, -0.05) is 13.5 Å². The summed E-state index contributed by atoms with van der Waals surface area (Å²) in [5, 5.41) is 3.85. The highest BCUT2D eigenvalue weighted by atomic mass is 32.2. The minimum Gasteiger partial charge on any atom is -0.355 e. The number of pyridine rings is 2. The molecule has 1 atom stereocenters. The molecule has 3 heterocycles. The maximum absolute atomic E-state index is 14.1. The van der Waals surface area contributed by atoms with Crippen molar-refractivity contribution in [2.24, 2.45) is 5.92 Å². The first-order valence-electron chi connectivity index (χ1n) is 10.7. The van der Waals surface area contributed by atoms with Gasteiger partial charge in [-0.15, -0.1) is 11.8 Å². The molecule has 10 heteroatoms. The molecule has 1 aliphatic carbocycles. The van der Waals surface area contributed by atoms with Gasteiger partial charge in [0, 0.05) is 54.8 Å². The standard InChI is InChI=1S/C23H25F5N4S/c1-13-12-32(9-7-22(13,24)25)21-19(14(2)31-16-6-8-29-18(10-16)33-3)20(15-4-5-15)17(11-30-21)23(26,27)28/h6,8,10-11,13,15H,2,4-5,7,9,12H2,1,3H3,(H,29,31). The van der Waals surface area contributed by atoms with Crippen LogP contribution < -0.4 is 10.2 Å². The molecule has 2 aliphatic rings. The Morgan fingerprint density at radius 2 is 2.00 bits per heavy atom. The lowest BCUT2D eigenvalue weighted by molar-refractivity contribution is -0.138. The molecular formula is C23H25F5N4S. The fourth-order valence-corrected chi connectivity index (χ4v) is 4.60. The van der Waals surface area contributed by atoms with E-state index in [1.807, 2.05) is 6.26 Å². The van der Waals surface area contributed by atoms with Crippen molar-refractivity contribution < 1.29 is 22.0 Å². The van der Waals surface area contributed by atoms with Crippen LogP contribution in [0.4, 0.5) is 33.5 Å². The van der Waals surface area contributed by atoms with E-state index in [1.54, 1.807) is 23.2 Å². The van der Waals surface area contributed by atoms with Crippen molar-refractivity contribution in [1.82, 2.24) is 9.97 Å². The maximum atomic E-state index is 14.1. The normalized spacial score (nSPS) is 20.6. The Bertz CT molecular complexity index is 1050. The number of rotatable bonds is 6. The SMILES string of the molecule is C=C(Nc1ccnc(SC)c1)c1c(N2CCC(F)(F)C(C)C2)ncc(C(F)(F)F)c1C1CC1. The van der Waals surface area contributed by atoms with Gasteiger partial charge in [-0.2, -0.15) is 13.2 Å². The van der Waals surface area contributed by atoms with Gasteiger partial charge in [0.1, 0.15) is 5.82 Å². The van der Waals surface area contributed by atoms with Crippen LogP contribution in [-0.4, -0.2) is 35.2 Å². The molecule has 2 aromatic rings. The van der Waals surface area contributed by atoms with E-state index >= 15 is 0 Å². The van der Waals surface area contributed by atoms with Crippen molar-refractivity contribution in [3.63, 3.8) is 0 Å². The number of nitrogens with zero attached hydrogens (tertiary/aromatic N) is 3. The molecular weight excluding hydrogens is 459 g/mol. The van der Waals surface area contributed by atoms with Gasteiger partial charge in [0.25, 0.3) is 5.92 Å². The van der Waals surface area contributed by atoms with Crippen LogP contribution in [-0.2, 0) is 6.18 Å². The van der Waals surface area contributed by atoms with E-state index in [-0.39, 0.29) is 48.1 Å². The molecule has 1 unspecified atom stereocenters. The average Bonchev–Trinajstić information content (AvgIpc) is 3.59. The van der Waals surface area contributed by atoms with E-state index in [1.165, 1.54) is 18.7 Å². The summed E-state index contributed by atoms with van der Waals surface area (Å²) in [5.41, 5.74) is 0.500. The van der Waals surface area contributed by atoms with Gasteiger partial charge in [0.05, 0.1) is 10.6 Å². The lowest BCUT2D eigenvalue weighted by Crippen LogP contribution is -2.46. The molecule has 0 spiro atoms. The molecule has 4 rings (SSSR count). The number of halogens is 5. The fourth-order valence-electron chi connectivity index (χ4n) is 4.19. The van der Waals surface area contributed by atoms with Crippen LogP contribution in [0.1, 0.15) is 48.8 Å². The summed E-state index contributed by atoms with van der Waals surface area (Å²) in [6.45, 7) is 5.51.